The lowest BCUT2D eigenvalue weighted by molar-refractivity contribution is 0.102. The largest absolute Gasteiger partial charge is 0.318 e. The topological polar surface area (TPSA) is 74.8 Å². The number of pyridine rings is 2. The number of carbonyl (C=O) groups is 1. The maximum absolute atomic E-state index is 11.8. The van der Waals surface area contributed by atoms with Crippen molar-refractivity contribution in [2.45, 2.75) is 6.92 Å². The Hall–Kier alpha value is -1.95. The first-order chi connectivity index (χ1) is 8.56. The molecule has 0 spiro atoms. The molecule has 2 heterocycles. The van der Waals surface area contributed by atoms with Crippen LogP contribution in [0.25, 0.3) is 0 Å². The van der Waals surface area contributed by atoms with E-state index in [9.17, 15) is 9.59 Å². The summed E-state index contributed by atoms with van der Waals surface area (Å²) >= 11 is 3.33. The van der Waals surface area contributed by atoms with E-state index in [-0.39, 0.29) is 11.3 Å². The lowest BCUT2D eigenvalue weighted by Crippen LogP contribution is -2.18. The fraction of sp³-hybridized carbons (Fsp3) is 0.0833. The van der Waals surface area contributed by atoms with Gasteiger partial charge in [0.05, 0.1) is 5.69 Å². The Morgan fingerprint density at radius 2 is 2.11 bits per heavy atom. The van der Waals surface area contributed by atoms with E-state index in [1.165, 1.54) is 18.2 Å². The second kappa shape index (κ2) is 5.14. The number of aryl methyl sites for hydroxylation is 1. The van der Waals surface area contributed by atoms with Crippen LogP contribution in [0.2, 0.25) is 0 Å². The van der Waals surface area contributed by atoms with Gasteiger partial charge in [0, 0.05) is 10.5 Å². The molecule has 0 aliphatic carbocycles. The van der Waals surface area contributed by atoms with Gasteiger partial charge in [0.15, 0.2) is 0 Å². The SMILES string of the molecule is Cc1nc(NC(=O)c2cccc(=O)[nH]2)ccc1Br. The van der Waals surface area contributed by atoms with E-state index in [0.29, 0.717) is 5.82 Å². The maximum Gasteiger partial charge on any atom is 0.273 e. The van der Waals surface area contributed by atoms with Crippen LogP contribution in [0.1, 0.15) is 16.2 Å². The summed E-state index contributed by atoms with van der Waals surface area (Å²) in [6.07, 6.45) is 0. The van der Waals surface area contributed by atoms with E-state index in [2.05, 4.69) is 31.2 Å². The summed E-state index contributed by atoms with van der Waals surface area (Å²) in [6.45, 7) is 1.82. The normalized spacial score (nSPS) is 10.1. The van der Waals surface area contributed by atoms with Gasteiger partial charge < -0.3 is 10.3 Å². The highest BCUT2D eigenvalue weighted by atomic mass is 79.9. The summed E-state index contributed by atoms with van der Waals surface area (Å²) < 4.78 is 0.869. The number of halogens is 1. The molecule has 6 heteroatoms. The monoisotopic (exact) mass is 307 g/mol. The number of anilines is 1. The van der Waals surface area contributed by atoms with Crippen molar-refractivity contribution >= 4 is 27.7 Å². The molecule has 1 amide bonds. The van der Waals surface area contributed by atoms with Crippen LogP contribution in [-0.2, 0) is 0 Å². The van der Waals surface area contributed by atoms with Gasteiger partial charge in [-0.05, 0) is 41.1 Å². The third-order valence-electron chi connectivity index (χ3n) is 2.28. The van der Waals surface area contributed by atoms with Crippen LogP contribution in [0.3, 0.4) is 0 Å². The molecular formula is C12H10BrN3O2. The van der Waals surface area contributed by atoms with E-state index in [0.717, 1.165) is 10.2 Å². The molecule has 0 atom stereocenters. The number of hydrogen-bond acceptors (Lipinski definition) is 3. The van der Waals surface area contributed by atoms with Crippen molar-refractivity contribution in [2.75, 3.05) is 5.32 Å². The minimum atomic E-state index is -0.401. The van der Waals surface area contributed by atoms with E-state index in [1.807, 2.05) is 6.92 Å². The summed E-state index contributed by atoms with van der Waals surface area (Å²) in [5, 5.41) is 2.61. The first kappa shape index (κ1) is 12.5. The Bertz CT molecular complexity index is 652. The number of amides is 1. The van der Waals surface area contributed by atoms with Crippen LogP contribution in [0.4, 0.5) is 5.82 Å². The zero-order valence-corrected chi connectivity index (χ0v) is 11.1. The van der Waals surface area contributed by atoms with Gasteiger partial charge in [-0.15, -0.1) is 0 Å². The lowest BCUT2D eigenvalue weighted by Gasteiger charge is -2.05. The quantitative estimate of drug-likeness (QED) is 0.892. The van der Waals surface area contributed by atoms with E-state index in [1.54, 1.807) is 12.1 Å². The highest BCUT2D eigenvalue weighted by Crippen LogP contribution is 2.16. The van der Waals surface area contributed by atoms with Gasteiger partial charge in [0.1, 0.15) is 11.5 Å². The standard InChI is InChI=1S/C12H10BrN3O2/c1-7-8(13)5-6-10(14-7)16-12(18)9-3-2-4-11(17)15-9/h2-6H,1H3,(H,15,17)(H,14,16,18). The van der Waals surface area contributed by atoms with Crippen molar-refractivity contribution in [3.63, 3.8) is 0 Å². The van der Waals surface area contributed by atoms with Crippen LogP contribution in [0.5, 0.6) is 0 Å². The molecule has 5 nitrogen and oxygen atoms in total. The first-order valence-electron chi connectivity index (χ1n) is 5.20. The number of carbonyl (C=O) groups excluding carboxylic acids is 1. The average molecular weight is 308 g/mol. The van der Waals surface area contributed by atoms with Crippen molar-refractivity contribution in [3.05, 3.63) is 56.5 Å². The van der Waals surface area contributed by atoms with Crippen LogP contribution < -0.4 is 10.9 Å². The molecule has 18 heavy (non-hydrogen) atoms. The molecule has 2 aromatic heterocycles. The predicted molar refractivity (Wildman–Crippen MR) is 71.7 cm³/mol. The van der Waals surface area contributed by atoms with Crippen molar-refractivity contribution in [2.24, 2.45) is 0 Å². The number of nitrogens with one attached hydrogen (secondary N) is 2. The molecule has 0 aliphatic heterocycles. The minimum Gasteiger partial charge on any atom is -0.318 e. The minimum absolute atomic E-state index is 0.199. The fourth-order valence-electron chi connectivity index (χ4n) is 1.38. The fourth-order valence-corrected chi connectivity index (χ4v) is 1.60. The highest BCUT2D eigenvalue weighted by molar-refractivity contribution is 9.10. The Labute approximate surface area is 111 Å². The number of aromatic amines is 1. The molecule has 0 aliphatic rings. The van der Waals surface area contributed by atoms with Crippen molar-refractivity contribution in [1.82, 2.24) is 9.97 Å². The van der Waals surface area contributed by atoms with Gasteiger partial charge >= 0.3 is 0 Å². The van der Waals surface area contributed by atoms with Gasteiger partial charge in [-0.25, -0.2) is 4.98 Å². The van der Waals surface area contributed by atoms with Gasteiger partial charge in [-0.1, -0.05) is 6.07 Å². The van der Waals surface area contributed by atoms with Gasteiger partial charge in [-0.2, -0.15) is 0 Å². The number of H-pyrrole nitrogens is 1. The molecule has 92 valence electrons. The van der Waals surface area contributed by atoms with Crippen LogP contribution in [0, 0.1) is 6.92 Å². The maximum atomic E-state index is 11.8. The number of rotatable bonds is 2. The van der Waals surface area contributed by atoms with Crippen LogP contribution in [-0.4, -0.2) is 15.9 Å². The Morgan fingerprint density at radius 3 is 2.78 bits per heavy atom. The zero-order chi connectivity index (χ0) is 13.1. The predicted octanol–water partition coefficient (Wildman–Crippen LogP) is 2.09. The molecule has 0 saturated carbocycles. The first-order valence-corrected chi connectivity index (χ1v) is 5.99. The van der Waals surface area contributed by atoms with E-state index < -0.39 is 5.91 Å². The molecule has 0 unspecified atom stereocenters. The van der Waals surface area contributed by atoms with Crippen LogP contribution in [0.15, 0.2) is 39.6 Å². The van der Waals surface area contributed by atoms with Crippen molar-refractivity contribution in [1.29, 1.82) is 0 Å². The smallest absolute Gasteiger partial charge is 0.273 e. The zero-order valence-electron chi connectivity index (χ0n) is 9.53. The Morgan fingerprint density at radius 1 is 1.33 bits per heavy atom. The summed E-state index contributed by atoms with van der Waals surface area (Å²) in [7, 11) is 0. The third kappa shape index (κ3) is 2.84. The van der Waals surface area contributed by atoms with E-state index >= 15 is 0 Å². The van der Waals surface area contributed by atoms with Gasteiger partial charge in [0.25, 0.3) is 5.91 Å². The summed E-state index contributed by atoms with van der Waals surface area (Å²) in [5.41, 5.74) is 0.654. The van der Waals surface area contributed by atoms with E-state index in [4.69, 9.17) is 0 Å². The Balaban J connectivity index is 2.21. The molecule has 0 saturated heterocycles. The number of aromatic nitrogens is 2. The Kier molecular flexibility index (Phi) is 3.57. The molecule has 2 rings (SSSR count). The summed E-state index contributed by atoms with van der Waals surface area (Å²) in [4.78, 5) is 29.6. The van der Waals surface area contributed by atoms with Gasteiger partial charge in [0.2, 0.25) is 5.56 Å². The third-order valence-corrected chi connectivity index (χ3v) is 3.11. The summed E-state index contributed by atoms with van der Waals surface area (Å²) in [5.74, 6) is 0.0346. The molecule has 0 bridgehead atoms. The lowest BCUT2D eigenvalue weighted by atomic mass is 10.3. The molecule has 2 aromatic rings. The number of hydrogen-bond donors (Lipinski definition) is 2. The molecule has 0 radical (unpaired) electrons. The molecule has 0 aromatic carbocycles. The molecule has 0 fully saturated rings. The second-order valence-electron chi connectivity index (χ2n) is 3.65. The summed E-state index contributed by atoms with van der Waals surface area (Å²) in [6, 6.07) is 7.87. The van der Waals surface area contributed by atoms with Crippen molar-refractivity contribution < 1.29 is 4.79 Å². The molecular weight excluding hydrogens is 298 g/mol. The van der Waals surface area contributed by atoms with Crippen molar-refractivity contribution in [3.8, 4) is 0 Å². The second-order valence-corrected chi connectivity index (χ2v) is 4.50. The number of nitrogens with zero attached hydrogens (tertiary/aromatic N) is 1. The molecule has 2 N–H and O–H groups in total. The highest BCUT2D eigenvalue weighted by Gasteiger charge is 2.08. The van der Waals surface area contributed by atoms with Crippen LogP contribution >= 0.6 is 15.9 Å². The average Bonchev–Trinajstić information content (AvgIpc) is 2.34. The van der Waals surface area contributed by atoms with Gasteiger partial charge in [-0.3, -0.25) is 9.59 Å².